The first-order valence-electron chi connectivity index (χ1n) is 7.41. The molecule has 1 saturated heterocycles. The fourth-order valence-corrected chi connectivity index (χ4v) is 2.74. The molecule has 21 heavy (non-hydrogen) atoms. The summed E-state index contributed by atoms with van der Waals surface area (Å²) in [5, 5.41) is 3.24. The van der Waals surface area contributed by atoms with E-state index in [-0.39, 0.29) is 0 Å². The maximum absolute atomic E-state index is 11.3. The Morgan fingerprint density at radius 1 is 1.48 bits per heavy atom. The van der Waals surface area contributed by atoms with Crippen LogP contribution < -0.4 is 11.1 Å². The van der Waals surface area contributed by atoms with Gasteiger partial charge in [0, 0.05) is 32.4 Å². The Hall–Kier alpha value is -1.66. The highest BCUT2D eigenvalue weighted by Gasteiger charge is 2.21. The number of ether oxygens (including phenoxy) is 1. The van der Waals surface area contributed by atoms with Crippen LogP contribution in [0.1, 0.15) is 30.6 Å². The second-order valence-electron chi connectivity index (χ2n) is 5.58. The Labute approximate surface area is 125 Å². The Morgan fingerprint density at radius 3 is 2.86 bits per heavy atom. The molecular weight excluding hydrogens is 268 g/mol. The van der Waals surface area contributed by atoms with Gasteiger partial charge in [-0.15, -0.1) is 0 Å². The lowest BCUT2D eigenvalue weighted by Gasteiger charge is -2.35. The number of pyridine rings is 1. The Balaban J connectivity index is 1.76. The predicted molar refractivity (Wildman–Crippen MR) is 82.3 cm³/mol. The molecular formula is C15H24N4O2. The standard InChI is InChI=1S/C15H24N4O2/c1-11-9-19(10-12(2)21-11)7-3-5-18-14-8-17-6-4-13(14)15(16)20/h4,6,8,11-12,18H,3,5,7,9-10H2,1-2H3,(H2,16,20). The number of rotatable bonds is 6. The summed E-state index contributed by atoms with van der Waals surface area (Å²) >= 11 is 0. The molecule has 6 heteroatoms. The fraction of sp³-hybridized carbons (Fsp3) is 0.600. The third kappa shape index (κ3) is 4.68. The van der Waals surface area contributed by atoms with Crippen molar-refractivity contribution >= 4 is 11.6 Å². The normalized spacial score (nSPS) is 23.0. The van der Waals surface area contributed by atoms with E-state index in [1.807, 2.05) is 0 Å². The van der Waals surface area contributed by atoms with E-state index in [9.17, 15) is 4.79 Å². The average Bonchev–Trinajstić information content (AvgIpc) is 2.43. The van der Waals surface area contributed by atoms with E-state index in [0.717, 1.165) is 32.6 Å². The van der Waals surface area contributed by atoms with E-state index in [2.05, 4.69) is 29.0 Å². The Kier molecular flexibility index (Phi) is 5.52. The first kappa shape index (κ1) is 15.7. The summed E-state index contributed by atoms with van der Waals surface area (Å²) in [5.41, 5.74) is 6.52. The van der Waals surface area contributed by atoms with Crippen molar-refractivity contribution < 1.29 is 9.53 Å². The van der Waals surface area contributed by atoms with Crippen molar-refractivity contribution in [2.75, 3.05) is 31.5 Å². The molecule has 2 rings (SSSR count). The first-order chi connectivity index (χ1) is 10.1. The Morgan fingerprint density at radius 2 is 2.19 bits per heavy atom. The number of primary amides is 1. The van der Waals surface area contributed by atoms with Gasteiger partial charge >= 0.3 is 0 Å². The van der Waals surface area contributed by atoms with Gasteiger partial charge in [0.15, 0.2) is 0 Å². The molecule has 1 aromatic rings. The van der Waals surface area contributed by atoms with Crippen LogP contribution in [0.4, 0.5) is 5.69 Å². The van der Waals surface area contributed by atoms with Gasteiger partial charge in [-0.1, -0.05) is 0 Å². The molecule has 1 fully saturated rings. The van der Waals surface area contributed by atoms with Crippen LogP contribution in [-0.4, -0.2) is 54.2 Å². The molecule has 1 aliphatic heterocycles. The molecule has 1 aromatic heterocycles. The highest BCUT2D eigenvalue weighted by molar-refractivity contribution is 5.98. The number of nitrogens with zero attached hydrogens (tertiary/aromatic N) is 2. The van der Waals surface area contributed by atoms with Crippen molar-refractivity contribution in [2.45, 2.75) is 32.5 Å². The number of nitrogens with two attached hydrogens (primary N) is 1. The van der Waals surface area contributed by atoms with Crippen molar-refractivity contribution in [1.29, 1.82) is 0 Å². The van der Waals surface area contributed by atoms with Gasteiger partial charge in [0.25, 0.3) is 5.91 Å². The van der Waals surface area contributed by atoms with Crippen molar-refractivity contribution in [3.05, 3.63) is 24.0 Å². The second kappa shape index (κ2) is 7.38. The Bertz CT molecular complexity index is 470. The third-order valence-corrected chi connectivity index (χ3v) is 3.55. The number of morpholine rings is 1. The summed E-state index contributed by atoms with van der Waals surface area (Å²) in [7, 11) is 0. The van der Waals surface area contributed by atoms with Gasteiger partial charge in [0.1, 0.15) is 0 Å². The van der Waals surface area contributed by atoms with Crippen LogP contribution in [0, 0.1) is 0 Å². The maximum Gasteiger partial charge on any atom is 0.250 e. The predicted octanol–water partition coefficient (Wildman–Crippen LogP) is 1.09. The quantitative estimate of drug-likeness (QED) is 0.767. The zero-order valence-electron chi connectivity index (χ0n) is 12.7. The van der Waals surface area contributed by atoms with Gasteiger partial charge in [-0.25, -0.2) is 0 Å². The summed E-state index contributed by atoms with van der Waals surface area (Å²) in [6, 6.07) is 1.63. The highest BCUT2D eigenvalue weighted by Crippen LogP contribution is 2.13. The van der Waals surface area contributed by atoms with E-state index < -0.39 is 5.91 Å². The molecule has 1 amide bonds. The van der Waals surface area contributed by atoms with Gasteiger partial charge in [0.05, 0.1) is 29.7 Å². The van der Waals surface area contributed by atoms with Gasteiger partial charge in [0.2, 0.25) is 0 Å². The lowest BCUT2D eigenvalue weighted by Crippen LogP contribution is -2.45. The molecule has 0 bridgehead atoms. The summed E-state index contributed by atoms with van der Waals surface area (Å²) in [6.07, 6.45) is 4.79. The minimum Gasteiger partial charge on any atom is -0.383 e. The number of amides is 1. The van der Waals surface area contributed by atoms with Gasteiger partial charge in [-0.2, -0.15) is 0 Å². The van der Waals surface area contributed by atoms with Crippen LogP contribution in [0.2, 0.25) is 0 Å². The minimum atomic E-state index is -0.435. The van der Waals surface area contributed by atoms with Crippen molar-refractivity contribution in [3.8, 4) is 0 Å². The molecule has 0 spiro atoms. The van der Waals surface area contributed by atoms with Gasteiger partial charge < -0.3 is 15.8 Å². The largest absolute Gasteiger partial charge is 0.383 e. The average molecular weight is 292 g/mol. The van der Waals surface area contributed by atoms with E-state index in [1.54, 1.807) is 18.5 Å². The molecule has 0 aliphatic carbocycles. The molecule has 3 N–H and O–H groups in total. The molecule has 0 aromatic carbocycles. The smallest absolute Gasteiger partial charge is 0.250 e. The molecule has 2 heterocycles. The maximum atomic E-state index is 11.3. The number of nitrogens with one attached hydrogen (secondary N) is 1. The lowest BCUT2D eigenvalue weighted by atomic mass is 10.2. The molecule has 1 aliphatic rings. The molecule has 2 unspecified atom stereocenters. The SMILES string of the molecule is CC1CN(CCCNc2cnccc2C(N)=O)CC(C)O1. The molecule has 2 atom stereocenters. The number of anilines is 1. The molecule has 0 saturated carbocycles. The number of hydrogen-bond donors (Lipinski definition) is 2. The molecule has 116 valence electrons. The van der Waals surface area contributed by atoms with Crippen LogP contribution in [0.25, 0.3) is 0 Å². The zero-order chi connectivity index (χ0) is 15.2. The van der Waals surface area contributed by atoms with Gasteiger partial charge in [-0.05, 0) is 26.3 Å². The summed E-state index contributed by atoms with van der Waals surface area (Å²) in [6.45, 7) is 7.96. The van der Waals surface area contributed by atoms with Crippen molar-refractivity contribution in [1.82, 2.24) is 9.88 Å². The molecule has 6 nitrogen and oxygen atoms in total. The summed E-state index contributed by atoms with van der Waals surface area (Å²) < 4.78 is 5.72. The fourth-order valence-electron chi connectivity index (χ4n) is 2.74. The molecule has 0 radical (unpaired) electrons. The summed E-state index contributed by atoms with van der Waals surface area (Å²) in [5.74, 6) is -0.435. The van der Waals surface area contributed by atoms with Crippen LogP contribution in [0.5, 0.6) is 0 Å². The van der Waals surface area contributed by atoms with Crippen LogP contribution in [0.3, 0.4) is 0 Å². The van der Waals surface area contributed by atoms with Crippen molar-refractivity contribution in [2.24, 2.45) is 5.73 Å². The van der Waals surface area contributed by atoms with Crippen LogP contribution in [0.15, 0.2) is 18.5 Å². The van der Waals surface area contributed by atoms with Crippen molar-refractivity contribution in [3.63, 3.8) is 0 Å². The highest BCUT2D eigenvalue weighted by atomic mass is 16.5. The minimum absolute atomic E-state index is 0.293. The third-order valence-electron chi connectivity index (χ3n) is 3.55. The van der Waals surface area contributed by atoms with E-state index in [0.29, 0.717) is 23.5 Å². The van der Waals surface area contributed by atoms with E-state index in [1.165, 1.54) is 0 Å². The van der Waals surface area contributed by atoms with Crippen LogP contribution in [-0.2, 0) is 4.74 Å². The topological polar surface area (TPSA) is 80.5 Å². The van der Waals surface area contributed by atoms with Gasteiger partial charge in [-0.3, -0.25) is 14.7 Å². The van der Waals surface area contributed by atoms with E-state index in [4.69, 9.17) is 10.5 Å². The lowest BCUT2D eigenvalue weighted by molar-refractivity contribution is -0.0678. The van der Waals surface area contributed by atoms with E-state index >= 15 is 0 Å². The second-order valence-corrected chi connectivity index (χ2v) is 5.58. The first-order valence-corrected chi connectivity index (χ1v) is 7.41. The number of hydrogen-bond acceptors (Lipinski definition) is 5. The zero-order valence-corrected chi connectivity index (χ0v) is 12.7. The number of carbonyl (C=O) groups excluding carboxylic acids is 1. The van der Waals surface area contributed by atoms with Crippen LogP contribution >= 0.6 is 0 Å². The summed E-state index contributed by atoms with van der Waals surface area (Å²) in [4.78, 5) is 17.7. The number of aromatic nitrogens is 1. The number of carbonyl (C=O) groups is 1. The monoisotopic (exact) mass is 292 g/mol.